The Morgan fingerprint density at radius 1 is 0.525 bits per heavy atom. The molecule has 14 aromatic rings. The number of hydrogen-bond acceptors (Lipinski definition) is 21. The van der Waals surface area contributed by atoms with Crippen molar-refractivity contribution in [3.8, 4) is 28.6 Å². The first-order valence-electron chi connectivity index (χ1n) is 37.4. The first-order chi connectivity index (χ1) is 58.3. The van der Waals surface area contributed by atoms with E-state index in [0.717, 1.165) is 71.3 Å². The number of carbonyl (C=O) groups excluding carboxylic acids is 6. The molecule has 0 radical (unpaired) electrons. The molecule has 0 fully saturated rings. The summed E-state index contributed by atoms with van der Waals surface area (Å²) in [7, 11) is 7.72. The number of benzene rings is 8. The summed E-state index contributed by atoms with van der Waals surface area (Å²) >= 11 is 7.94. The van der Waals surface area contributed by atoms with Crippen LogP contribution >= 0.6 is 23.4 Å². The lowest BCUT2D eigenvalue weighted by Crippen LogP contribution is -2.14. The van der Waals surface area contributed by atoms with E-state index in [2.05, 4.69) is 105 Å². The van der Waals surface area contributed by atoms with Crippen LogP contribution in [0.3, 0.4) is 0 Å². The Labute approximate surface area is 699 Å². The van der Waals surface area contributed by atoms with Gasteiger partial charge in [0.05, 0.1) is 39.0 Å². The van der Waals surface area contributed by atoms with Crippen LogP contribution < -0.4 is 47.9 Å². The van der Waals surface area contributed by atoms with Crippen LogP contribution in [0.5, 0.6) is 0 Å². The maximum atomic E-state index is 12.9. The molecule has 0 aliphatic carbocycles. The molecule has 1 aliphatic heterocycles. The number of likely N-dealkylation sites (N-methyl/N-ethyl adjacent to an activating group) is 2. The molecule has 0 saturated carbocycles. The number of H-pyrrole nitrogens is 2. The third-order valence-corrected chi connectivity index (χ3v) is 19.1. The molecular formula is C91H78ClN21O6S. The van der Waals surface area contributed by atoms with Crippen molar-refractivity contribution in [1.82, 2.24) is 54.7 Å². The number of rotatable bonds is 26. The van der Waals surface area contributed by atoms with Crippen molar-refractivity contribution in [2.24, 2.45) is 0 Å². The molecule has 120 heavy (non-hydrogen) atoms. The third kappa shape index (κ3) is 22.7. The molecule has 15 rings (SSSR count). The van der Waals surface area contributed by atoms with Crippen LogP contribution in [0.1, 0.15) is 42.3 Å². The summed E-state index contributed by atoms with van der Waals surface area (Å²) in [5.74, 6) is -0.313. The molecule has 0 unspecified atom stereocenters. The zero-order valence-electron chi connectivity index (χ0n) is 65.2. The first-order valence-corrected chi connectivity index (χ1v) is 38.6. The maximum Gasteiger partial charge on any atom is 0.255 e. The van der Waals surface area contributed by atoms with Gasteiger partial charge in [0, 0.05) is 151 Å². The second-order valence-corrected chi connectivity index (χ2v) is 28.8. The Balaban J connectivity index is 0.000000156. The van der Waals surface area contributed by atoms with Crippen LogP contribution in [0.25, 0.3) is 50.0 Å². The highest BCUT2D eigenvalue weighted by Gasteiger charge is 2.22. The number of aromatic amines is 2. The van der Waals surface area contributed by atoms with Gasteiger partial charge in [-0.3, -0.25) is 28.8 Å². The Hall–Kier alpha value is -15.5. The molecule has 27 nitrogen and oxygen atoms in total. The van der Waals surface area contributed by atoms with Crippen LogP contribution in [0.2, 0.25) is 5.02 Å². The molecule has 1 aliphatic rings. The number of pyridine rings is 1. The van der Waals surface area contributed by atoms with Crippen molar-refractivity contribution in [3.05, 3.63) is 331 Å². The van der Waals surface area contributed by atoms with E-state index in [4.69, 9.17) is 11.6 Å². The van der Waals surface area contributed by atoms with Gasteiger partial charge >= 0.3 is 0 Å². The van der Waals surface area contributed by atoms with Gasteiger partial charge in [-0.05, 0) is 210 Å². The lowest BCUT2D eigenvalue weighted by atomic mass is 10.0. The van der Waals surface area contributed by atoms with E-state index < -0.39 is 0 Å². The lowest BCUT2D eigenvalue weighted by Gasteiger charge is -2.10. The highest BCUT2D eigenvalue weighted by atomic mass is 35.5. The van der Waals surface area contributed by atoms with Gasteiger partial charge in [0.2, 0.25) is 29.7 Å². The molecule has 0 atom stereocenters. The minimum atomic E-state index is -0.344. The summed E-state index contributed by atoms with van der Waals surface area (Å²) in [6.45, 7) is 4.77. The van der Waals surface area contributed by atoms with E-state index in [0.29, 0.717) is 104 Å². The average molecular weight is 1630 g/mol. The predicted octanol–water partition coefficient (Wildman–Crippen LogP) is 17.6. The number of halogens is 1. The van der Waals surface area contributed by atoms with Crippen molar-refractivity contribution in [1.29, 1.82) is 5.26 Å². The molecule has 0 saturated heterocycles. The van der Waals surface area contributed by atoms with E-state index in [-0.39, 0.29) is 41.7 Å². The summed E-state index contributed by atoms with van der Waals surface area (Å²) in [6, 6.07) is 67.6. The number of anilines is 12. The minimum absolute atomic E-state index is 0.00858. The lowest BCUT2D eigenvalue weighted by molar-refractivity contribution is -0.114. The second kappa shape index (κ2) is 39.7. The number of allylic oxidation sites excluding steroid dienone is 2. The number of nitrogens with one attached hydrogen (secondary N) is 11. The van der Waals surface area contributed by atoms with Gasteiger partial charge in [-0.25, -0.2) is 34.9 Å². The Morgan fingerprint density at radius 3 is 1.68 bits per heavy atom. The minimum Gasteiger partial charge on any atom is -0.360 e. The molecule has 5 amide bonds. The summed E-state index contributed by atoms with van der Waals surface area (Å²) in [5, 5.41) is 39.9. The van der Waals surface area contributed by atoms with Crippen molar-refractivity contribution < 1.29 is 28.8 Å². The molecule has 0 bridgehead atoms. The van der Waals surface area contributed by atoms with Gasteiger partial charge in [0.15, 0.2) is 5.78 Å². The molecular weight excluding hydrogens is 1550 g/mol. The topological polar surface area (TPSA) is 363 Å². The standard InChI is InChI=1S/C32H29ClN6O2.C32H28N8O2S.C27H21N7O2/c1-39(2)16-6-9-25(40)18-21-7-5-8-22(17-21)31(41)36-23-12-14-24(15-13-23)37-32-35-20-28(33)30(38-32)27-19-34-29-11-4-3-10-26(27)29;1-40(2)18-6-11-29(41)35-24-8-5-7-21(19-24)30(42)36-22-12-14-23(15-13-22)37-32-34-17-16-26(39-32)25(20-33)31-38-27-9-3-4-10-28(27)43-31;1-2-24(35)31-22-5-3-4-18(15-22)26(36)32-20-6-8-21(9-7-20)33-27-29-13-11-23(34-27)19-14-17-10-12-28-25(17)30-16-19/h3-15,17,19-20,34H,16,18H2,1-2H3,(H,36,41)(H,35,37,38);3-17,19,38H,18H2,1-2H3,(H,35,41)(H,36,42)(H,34,37,39);2-16H,1H2,(H,28,30)(H,31,35)(H,32,36)(H,29,33,34)/b9-6+;11-6+,31-25-;. The Bertz CT molecular complexity index is 6230. The van der Waals surface area contributed by atoms with Crippen molar-refractivity contribution >= 4 is 155 Å². The van der Waals surface area contributed by atoms with E-state index in [9.17, 15) is 34.0 Å². The van der Waals surface area contributed by atoms with Crippen molar-refractivity contribution in [2.75, 3.05) is 89.1 Å². The van der Waals surface area contributed by atoms with E-state index in [1.54, 1.807) is 158 Å². The zero-order chi connectivity index (χ0) is 83.9. The monoisotopic (exact) mass is 1630 g/mol. The summed E-state index contributed by atoms with van der Waals surface area (Å²) < 4.78 is 0. The molecule has 8 aromatic carbocycles. The molecule has 11 N–H and O–H groups in total. The Morgan fingerprint density at radius 2 is 1.07 bits per heavy atom. The van der Waals surface area contributed by atoms with E-state index >= 15 is 0 Å². The predicted molar refractivity (Wildman–Crippen MR) is 476 cm³/mol. The number of aromatic nitrogens is 9. The van der Waals surface area contributed by atoms with Gasteiger partial charge in [0.1, 0.15) is 17.3 Å². The number of para-hydroxylation sites is 2. The van der Waals surface area contributed by atoms with Crippen LogP contribution in [-0.4, -0.2) is 131 Å². The molecule has 596 valence electrons. The van der Waals surface area contributed by atoms with Gasteiger partial charge in [-0.2, -0.15) is 5.26 Å². The second-order valence-electron chi connectivity index (χ2n) is 27.3. The number of hydrogen-bond donors (Lipinski definition) is 11. The van der Waals surface area contributed by atoms with E-state index in [1.807, 2.05) is 154 Å². The van der Waals surface area contributed by atoms with Crippen LogP contribution in [-0.2, 0) is 20.8 Å². The largest absolute Gasteiger partial charge is 0.360 e. The van der Waals surface area contributed by atoms with Crippen LogP contribution in [0.4, 0.5) is 69.0 Å². The molecule has 6 aromatic heterocycles. The Kier molecular flexibility index (Phi) is 27.3. The van der Waals surface area contributed by atoms with Gasteiger partial charge in [-0.1, -0.05) is 96.7 Å². The van der Waals surface area contributed by atoms with E-state index in [1.165, 1.54) is 23.9 Å². The van der Waals surface area contributed by atoms with Gasteiger partial charge in [0.25, 0.3) is 17.7 Å². The summed E-state index contributed by atoms with van der Waals surface area (Å²) in [5.41, 5.74) is 14.0. The number of nitriles is 1. The number of fused-ring (bicyclic) bond motifs is 3. The molecule has 7 heterocycles. The molecule has 29 heteroatoms. The normalized spacial score (nSPS) is 11.8. The summed E-state index contributed by atoms with van der Waals surface area (Å²) in [6.07, 6.45) is 18.4. The maximum absolute atomic E-state index is 12.9. The first kappa shape index (κ1) is 82.4. The fraction of sp³-hybridized carbons (Fsp3) is 0.0769. The highest BCUT2D eigenvalue weighted by molar-refractivity contribution is 8.04. The molecule has 0 spiro atoms. The van der Waals surface area contributed by atoms with Crippen LogP contribution in [0, 0.1) is 11.3 Å². The van der Waals surface area contributed by atoms with Crippen LogP contribution in [0.15, 0.2) is 302 Å². The summed E-state index contributed by atoms with van der Waals surface area (Å²) in [4.78, 5) is 117. The van der Waals surface area contributed by atoms with Gasteiger partial charge in [-0.15, -0.1) is 0 Å². The zero-order valence-corrected chi connectivity index (χ0v) is 66.7. The quantitative estimate of drug-likeness (QED) is 0.0177. The number of ketones is 1. The van der Waals surface area contributed by atoms with Crippen molar-refractivity contribution in [3.63, 3.8) is 0 Å². The number of nitrogens with zero attached hydrogens (tertiary/aromatic N) is 10. The third-order valence-electron chi connectivity index (χ3n) is 17.8. The van der Waals surface area contributed by atoms with Crippen molar-refractivity contribution in [2.45, 2.75) is 11.3 Å². The average Bonchev–Trinajstić information content (AvgIpc) is 1.64. The highest BCUT2D eigenvalue weighted by Crippen LogP contribution is 2.44. The fourth-order valence-corrected chi connectivity index (χ4v) is 13.2. The SMILES string of the molecule is C=CC(=O)Nc1cccc(C(=O)Nc2ccc(Nc3nccc(-c4cnc5[nH]ccc5c4)n3)cc2)c1.CN(C)C/C=C/C(=O)Cc1cccc(C(=O)Nc2ccc(Nc3ncc(Cl)c(-c4c[nH]c5ccccc45)n3)cc2)c1.CN(C)C/C=C/C(=O)Nc1cccc(C(=O)Nc2ccc(Nc3nccc(/C(C#N)=C4/Nc5ccccc5S4)n3)cc2)c1. The van der Waals surface area contributed by atoms with Gasteiger partial charge < -0.3 is 67.6 Å². The number of carbonyl (C=O) groups is 6. The number of thioether (sulfide) groups is 1. The fourth-order valence-electron chi connectivity index (χ4n) is 12.0. The number of amides is 5. The smallest absolute Gasteiger partial charge is 0.255 e.